The minimum Gasteiger partial charge on any atom is -0.338 e. The van der Waals surface area contributed by atoms with Gasteiger partial charge >= 0.3 is 0 Å². The van der Waals surface area contributed by atoms with E-state index in [4.69, 9.17) is 11.6 Å². The molecule has 7 heteroatoms. The average molecular weight is 412 g/mol. The van der Waals surface area contributed by atoms with Crippen molar-refractivity contribution in [2.24, 2.45) is 0 Å². The first-order valence-corrected chi connectivity index (χ1v) is 10.2. The van der Waals surface area contributed by atoms with E-state index in [1.54, 1.807) is 35.2 Å². The monoisotopic (exact) mass is 411 g/mol. The van der Waals surface area contributed by atoms with Crippen molar-refractivity contribution >= 4 is 40.7 Å². The molecule has 2 heterocycles. The van der Waals surface area contributed by atoms with Crippen molar-refractivity contribution in [2.45, 2.75) is 32.2 Å². The van der Waals surface area contributed by atoms with E-state index >= 15 is 0 Å². The molecule has 0 atom stereocenters. The van der Waals surface area contributed by atoms with Gasteiger partial charge in [0.05, 0.1) is 10.7 Å². The summed E-state index contributed by atoms with van der Waals surface area (Å²) >= 11 is 6.36. The van der Waals surface area contributed by atoms with E-state index in [-0.39, 0.29) is 17.7 Å². The van der Waals surface area contributed by atoms with E-state index < -0.39 is 0 Å². The van der Waals surface area contributed by atoms with Crippen molar-refractivity contribution in [3.63, 3.8) is 0 Å². The van der Waals surface area contributed by atoms with Crippen LogP contribution < -0.4 is 10.2 Å². The molecule has 3 amide bonds. The number of likely N-dealkylation sites (tertiary alicyclic amines) is 1. The van der Waals surface area contributed by atoms with Crippen LogP contribution in [0.4, 0.5) is 11.4 Å². The lowest BCUT2D eigenvalue weighted by Crippen LogP contribution is -2.24. The van der Waals surface area contributed by atoms with Gasteiger partial charge in [-0.3, -0.25) is 14.4 Å². The highest BCUT2D eigenvalue weighted by molar-refractivity contribution is 6.34. The number of carbonyl (C=O) groups excluding carboxylic acids is 3. The molecule has 2 aliphatic heterocycles. The molecule has 2 saturated heterocycles. The van der Waals surface area contributed by atoms with Crippen LogP contribution in [0.5, 0.6) is 0 Å². The minimum absolute atomic E-state index is 0.0667. The Hall–Kier alpha value is -2.86. The Morgan fingerprint density at radius 1 is 1.00 bits per heavy atom. The van der Waals surface area contributed by atoms with Crippen LogP contribution in [0.15, 0.2) is 42.5 Å². The van der Waals surface area contributed by atoms with Gasteiger partial charge in [0, 0.05) is 43.7 Å². The summed E-state index contributed by atoms with van der Waals surface area (Å²) in [5.41, 5.74) is 2.68. The topological polar surface area (TPSA) is 69.7 Å². The van der Waals surface area contributed by atoms with Crippen molar-refractivity contribution in [3.05, 3.63) is 58.6 Å². The normalized spacial score (nSPS) is 16.6. The molecule has 2 fully saturated rings. The van der Waals surface area contributed by atoms with E-state index in [0.29, 0.717) is 47.9 Å². The predicted octanol–water partition coefficient (Wildman–Crippen LogP) is 3.84. The highest BCUT2D eigenvalue weighted by Crippen LogP contribution is 2.31. The van der Waals surface area contributed by atoms with Gasteiger partial charge in [-0.05, 0) is 48.7 Å². The molecule has 0 bridgehead atoms. The number of halogens is 1. The largest absolute Gasteiger partial charge is 0.338 e. The van der Waals surface area contributed by atoms with E-state index in [0.717, 1.165) is 24.9 Å². The van der Waals surface area contributed by atoms with E-state index in [9.17, 15) is 14.4 Å². The van der Waals surface area contributed by atoms with Gasteiger partial charge in [0.1, 0.15) is 0 Å². The molecule has 4 rings (SSSR count). The van der Waals surface area contributed by atoms with Crippen LogP contribution in [-0.2, 0) is 16.1 Å². The maximum Gasteiger partial charge on any atom is 0.255 e. The number of carbonyl (C=O) groups is 3. The number of nitrogens with zero attached hydrogens (tertiary/aromatic N) is 2. The Labute approximate surface area is 174 Å². The fraction of sp³-hybridized carbons (Fsp3) is 0.318. The van der Waals surface area contributed by atoms with Crippen LogP contribution in [0.3, 0.4) is 0 Å². The number of rotatable bonds is 5. The van der Waals surface area contributed by atoms with Crippen molar-refractivity contribution < 1.29 is 14.4 Å². The number of nitrogens with one attached hydrogen (secondary N) is 1. The molecule has 0 aromatic heterocycles. The molecule has 0 saturated carbocycles. The van der Waals surface area contributed by atoms with Gasteiger partial charge in [0.25, 0.3) is 5.91 Å². The SMILES string of the molecule is O=C(Nc1ccc(N2CCCC2=O)c(Cl)c1)c1cccc(CN2CCCC2=O)c1. The zero-order chi connectivity index (χ0) is 20.4. The second kappa shape index (κ2) is 8.25. The predicted molar refractivity (Wildman–Crippen MR) is 112 cm³/mol. The first-order chi connectivity index (χ1) is 14.0. The summed E-state index contributed by atoms with van der Waals surface area (Å²) in [6.45, 7) is 1.94. The van der Waals surface area contributed by atoms with Crippen LogP contribution in [-0.4, -0.2) is 35.7 Å². The van der Waals surface area contributed by atoms with Gasteiger partial charge < -0.3 is 15.1 Å². The Bertz CT molecular complexity index is 976. The van der Waals surface area contributed by atoms with Gasteiger partial charge in [-0.15, -0.1) is 0 Å². The third-order valence-corrected chi connectivity index (χ3v) is 5.61. The van der Waals surface area contributed by atoms with E-state index in [2.05, 4.69) is 5.32 Å². The first-order valence-electron chi connectivity index (χ1n) is 9.79. The highest BCUT2D eigenvalue weighted by atomic mass is 35.5. The molecule has 0 radical (unpaired) electrons. The maximum atomic E-state index is 12.7. The minimum atomic E-state index is -0.249. The molecular formula is C22H22ClN3O3. The Morgan fingerprint density at radius 3 is 2.48 bits per heavy atom. The number of hydrogen-bond acceptors (Lipinski definition) is 3. The number of hydrogen-bond donors (Lipinski definition) is 1. The summed E-state index contributed by atoms with van der Waals surface area (Å²) in [5.74, 6) is -0.0243. The van der Waals surface area contributed by atoms with Crippen molar-refractivity contribution in [2.75, 3.05) is 23.3 Å². The quantitative estimate of drug-likeness (QED) is 0.812. The molecule has 0 unspecified atom stereocenters. The molecule has 150 valence electrons. The van der Waals surface area contributed by atoms with Crippen LogP contribution in [0.1, 0.15) is 41.6 Å². The summed E-state index contributed by atoms with van der Waals surface area (Å²) in [4.78, 5) is 39.9. The summed E-state index contributed by atoms with van der Waals surface area (Å²) in [6, 6.07) is 12.4. The zero-order valence-corrected chi connectivity index (χ0v) is 16.7. The third kappa shape index (κ3) is 4.27. The molecular weight excluding hydrogens is 390 g/mol. The van der Waals surface area contributed by atoms with Crippen molar-refractivity contribution in [3.8, 4) is 0 Å². The zero-order valence-electron chi connectivity index (χ0n) is 16.0. The summed E-state index contributed by atoms with van der Waals surface area (Å²) in [6.07, 6.45) is 2.85. The lowest BCUT2D eigenvalue weighted by Gasteiger charge is -2.18. The van der Waals surface area contributed by atoms with Crippen LogP contribution in [0.25, 0.3) is 0 Å². The molecule has 2 aromatic rings. The molecule has 2 aliphatic rings. The fourth-order valence-electron chi connectivity index (χ4n) is 3.81. The van der Waals surface area contributed by atoms with E-state index in [1.807, 2.05) is 17.0 Å². The fourth-order valence-corrected chi connectivity index (χ4v) is 4.09. The summed E-state index contributed by atoms with van der Waals surface area (Å²) < 4.78 is 0. The second-order valence-corrected chi connectivity index (χ2v) is 7.80. The lowest BCUT2D eigenvalue weighted by atomic mass is 10.1. The first kappa shape index (κ1) is 19.5. The van der Waals surface area contributed by atoms with E-state index in [1.165, 1.54) is 0 Å². The molecule has 6 nitrogen and oxygen atoms in total. The third-order valence-electron chi connectivity index (χ3n) is 5.30. The molecule has 0 spiro atoms. The lowest BCUT2D eigenvalue weighted by molar-refractivity contribution is -0.128. The summed E-state index contributed by atoms with van der Waals surface area (Å²) in [7, 11) is 0. The van der Waals surface area contributed by atoms with Crippen molar-refractivity contribution in [1.82, 2.24) is 4.90 Å². The van der Waals surface area contributed by atoms with Gasteiger partial charge in [-0.2, -0.15) is 0 Å². The molecule has 2 aromatic carbocycles. The van der Waals surface area contributed by atoms with Crippen LogP contribution in [0, 0.1) is 0 Å². The second-order valence-electron chi connectivity index (χ2n) is 7.39. The van der Waals surface area contributed by atoms with Crippen LogP contribution in [0.2, 0.25) is 5.02 Å². The number of anilines is 2. The average Bonchev–Trinajstić information content (AvgIpc) is 3.30. The van der Waals surface area contributed by atoms with Gasteiger partial charge in [-0.25, -0.2) is 0 Å². The summed E-state index contributed by atoms with van der Waals surface area (Å²) in [5, 5.41) is 3.28. The molecule has 0 aliphatic carbocycles. The smallest absolute Gasteiger partial charge is 0.255 e. The highest BCUT2D eigenvalue weighted by Gasteiger charge is 2.24. The molecule has 1 N–H and O–H groups in total. The number of amides is 3. The standard InChI is InChI=1S/C22H22ClN3O3/c23-18-13-17(8-9-19(18)26-11-3-7-21(26)28)24-22(29)16-5-1-4-15(12-16)14-25-10-2-6-20(25)27/h1,4-5,8-9,12-13H,2-3,6-7,10-11,14H2,(H,24,29). The maximum absolute atomic E-state index is 12.7. The van der Waals surface area contributed by atoms with Crippen molar-refractivity contribution in [1.29, 1.82) is 0 Å². The Balaban J connectivity index is 1.45. The van der Waals surface area contributed by atoms with Gasteiger partial charge in [0.15, 0.2) is 0 Å². The number of benzene rings is 2. The Kier molecular flexibility index (Phi) is 5.53. The Morgan fingerprint density at radius 2 is 1.79 bits per heavy atom. The van der Waals surface area contributed by atoms with Crippen LogP contribution >= 0.6 is 11.6 Å². The molecule has 29 heavy (non-hydrogen) atoms. The van der Waals surface area contributed by atoms with Gasteiger partial charge in [0.2, 0.25) is 11.8 Å². The van der Waals surface area contributed by atoms with Gasteiger partial charge in [-0.1, -0.05) is 23.7 Å².